The summed E-state index contributed by atoms with van der Waals surface area (Å²) in [6, 6.07) is 0. The van der Waals surface area contributed by atoms with Crippen molar-refractivity contribution in [1.82, 2.24) is 19.9 Å². The zero-order valence-corrected chi connectivity index (χ0v) is 9.86. The number of aromatic nitrogens is 4. The maximum atomic E-state index is 9.68. The maximum Gasteiger partial charge on any atom is 0.244 e. The average molecular weight is 251 g/mol. The first-order chi connectivity index (χ1) is 8.52. The molecule has 0 spiro atoms. The Labute approximate surface area is 102 Å². The van der Waals surface area contributed by atoms with Crippen LogP contribution in [0, 0.1) is 0 Å². The van der Waals surface area contributed by atoms with Gasteiger partial charge in [0.05, 0.1) is 18.0 Å². The molecule has 0 radical (unpaired) electrons. The van der Waals surface area contributed by atoms with Gasteiger partial charge in [-0.15, -0.1) is 0 Å². The van der Waals surface area contributed by atoms with Crippen molar-refractivity contribution in [2.45, 2.75) is 19.1 Å². The third-order valence-electron chi connectivity index (χ3n) is 2.39. The summed E-state index contributed by atoms with van der Waals surface area (Å²) in [5, 5.41) is 31.3. The summed E-state index contributed by atoms with van der Waals surface area (Å²) in [6.45, 7) is 1.44. The van der Waals surface area contributed by atoms with Gasteiger partial charge in [0.1, 0.15) is 6.10 Å². The van der Waals surface area contributed by atoms with Gasteiger partial charge in [0.2, 0.25) is 11.8 Å². The van der Waals surface area contributed by atoms with E-state index < -0.39 is 12.2 Å². The number of nitrogens with zero attached hydrogens (tertiary/aromatic N) is 4. The van der Waals surface area contributed by atoms with Gasteiger partial charge in [-0.3, -0.25) is 0 Å². The first kappa shape index (κ1) is 12.4. The summed E-state index contributed by atoms with van der Waals surface area (Å²) in [5.41, 5.74) is 0.456. The van der Waals surface area contributed by atoms with Crippen LogP contribution < -0.4 is 5.32 Å². The molecule has 2 aromatic heterocycles. The Morgan fingerprint density at radius 1 is 1.22 bits per heavy atom. The van der Waals surface area contributed by atoms with Gasteiger partial charge in [0, 0.05) is 7.05 Å². The quantitative estimate of drug-likeness (QED) is 0.580. The third kappa shape index (κ3) is 2.15. The van der Waals surface area contributed by atoms with Gasteiger partial charge in [0.15, 0.2) is 11.2 Å². The van der Waals surface area contributed by atoms with Crippen LogP contribution >= 0.6 is 0 Å². The van der Waals surface area contributed by atoms with E-state index in [1.54, 1.807) is 7.05 Å². The molecule has 0 aliphatic carbocycles. The third-order valence-corrected chi connectivity index (χ3v) is 2.39. The summed E-state index contributed by atoms with van der Waals surface area (Å²) in [6.07, 6.45) is -0.866. The molecule has 0 saturated carbocycles. The summed E-state index contributed by atoms with van der Waals surface area (Å²) in [7, 11) is 1.60. The molecule has 4 N–H and O–H groups in total. The highest BCUT2D eigenvalue weighted by Crippen LogP contribution is 2.21. The van der Waals surface area contributed by atoms with Crippen molar-refractivity contribution in [3.8, 4) is 5.88 Å². The Hall–Kier alpha value is -2.06. The van der Waals surface area contributed by atoms with Crippen LogP contribution in [0.4, 0.5) is 5.95 Å². The van der Waals surface area contributed by atoms with Crippen molar-refractivity contribution in [3.63, 3.8) is 0 Å². The van der Waals surface area contributed by atoms with Crippen molar-refractivity contribution < 1.29 is 15.3 Å². The summed E-state index contributed by atoms with van der Waals surface area (Å²) in [5.74, 6) is -0.104. The summed E-state index contributed by atoms with van der Waals surface area (Å²) < 4.78 is 0. The first-order valence-electron chi connectivity index (χ1n) is 5.30. The van der Waals surface area contributed by atoms with Gasteiger partial charge in [-0.05, 0) is 6.92 Å². The van der Waals surface area contributed by atoms with E-state index in [1.165, 1.54) is 13.1 Å². The molecule has 2 atom stereocenters. The first-order valence-corrected chi connectivity index (χ1v) is 5.30. The number of hydrogen-bond acceptors (Lipinski definition) is 8. The van der Waals surface area contributed by atoms with Gasteiger partial charge in [0.25, 0.3) is 0 Å². The van der Waals surface area contributed by atoms with Crippen molar-refractivity contribution in [1.29, 1.82) is 0 Å². The maximum absolute atomic E-state index is 9.68. The molecule has 0 bridgehead atoms. The molecule has 18 heavy (non-hydrogen) atoms. The minimum atomic E-state index is -1.16. The molecule has 96 valence electrons. The van der Waals surface area contributed by atoms with E-state index in [9.17, 15) is 15.3 Å². The van der Waals surface area contributed by atoms with Crippen molar-refractivity contribution in [2.75, 3.05) is 12.4 Å². The molecule has 0 fully saturated rings. The van der Waals surface area contributed by atoms with Gasteiger partial charge in [-0.1, -0.05) is 0 Å². The smallest absolute Gasteiger partial charge is 0.244 e. The number of anilines is 1. The van der Waals surface area contributed by atoms with Crippen LogP contribution in [-0.4, -0.2) is 48.4 Å². The molecule has 0 aliphatic rings. The van der Waals surface area contributed by atoms with E-state index in [0.29, 0.717) is 0 Å². The van der Waals surface area contributed by atoms with E-state index in [0.717, 1.165) is 0 Å². The Morgan fingerprint density at radius 3 is 2.56 bits per heavy atom. The Kier molecular flexibility index (Phi) is 3.21. The lowest BCUT2D eigenvalue weighted by Crippen LogP contribution is -2.15. The largest absolute Gasteiger partial charge is 0.492 e. The number of fused-ring (bicyclic) bond motifs is 1. The van der Waals surface area contributed by atoms with Crippen LogP contribution in [0.25, 0.3) is 11.2 Å². The molecule has 0 amide bonds. The monoisotopic (exact) mass is 251 g/mol. The fourth-order valence-corrected chi connectivity index (χ4v) is 1.41. The number of aromatic hydroxyl groups is 1. The Balaban J connectivity index is 2.56. The SMILES string of the molecule is CNc1nc(O)c2ncc(C(O)C(C)O)nc2n1. The van der Waals surface area contributed by atoms with E-state index in [2.05, 4.69) is 25.3 Å². The highest BCUT2D eigenvalue weighted by molar-refractivity contribution is 5.76. The second kappa shape index (κ2) is 4.67. The van der Waals surface area contributed by atoms with Crippen LogP contribution in [0.3, 0.4) is 0 Å². The van der Waals surface area contributed by atoms with E-state index in [1.807, 2.05) is 0 Å². The molecule has 2 aromatic rings. The topological polar surface area (TPSA) is 124 Å². The van der Waals surface area contributed by atoms with E-state index >= 15 is 0 Å². The van der Waals surface area contributed by atoms with Gasteiger partial charge >= 0.3 is 0 Å². The number of rotatable bonds is 3. The van der Waals surface area contributed by atoms with Gasteiger partial charge in [-0.25, -0.2) is 9.97 Å². The van der Waals surface area contributed by atoms with Gasteiger partial charge < -0.3 is 20.6 Å². The van der Waals surface area contributed by atoms with Crippen molar-refractivity contribution >= 4 is 17.1 Å². The molecule has 2 unspecified atom stereocenters. The minimum Gasteiger partial charge on any atom is -0.492 e. The predicted octanol–water partition coefficient (Wildman–Crippen LogP) is -0.419. The second-order valence-corrected chi connectivity index (χ2v) is 3.77. The zero-order valence-electron chi connectivity index (χ0n) is 9.86. The van der Waals surface area contributed by atoms with Crippen LogP contribution in [0.5, 0.6) is 5.88 Å². The highest BCUT2D eigenvalue weighted by Gasteiger charge is 2.18. The fourth-order valence-electron chi connectivity index (χ4n) is 1.41. The molecule has 2 rings (SSSR count). The fraction of sp³-hybridized carbons (Fsp3) is 0.400. The minimum absolute atomic E-state index is 0.135. The van der Waals surface area contributed by atoms with Crippen LogP contribution in [-0.2, 0) is 0 Å². The summed E-state index contributed by atoms with van der Waals surface area (Å²) >= 11 is 0. The molecule has 0 saturated heterocycles. The Morgan fingerprint density at radius 2 is 1.94 bits per heavy atom. The van der Waals surface area contributed by atoms with E-state index in [4.69, 9.17) is 0 Å². The number of aliphatic hydroxyl groups is 2. The molecule has 8 nitrogen and oxygen atoms in total. The van der Waals surface area contributed by atoms with Crippen LogP contribution in [0.15, 0.2) is 6.20 Å². The van der Waals surface area contributed by atoms with Crippen LogP contribution in [0.1, 0.15) is 18.7 Å². The van der Waals surface area contributed by atoms with E-state index in [-0.39, 0.29) is 28.7 Å². The molecule has 8 heteroatoms. The van der Waals surface area contributed by atoms with Crippen molar-refractivity contribution in [3.05, 3.63) is 11.9 Å². The lowest BCUT2D eigenvalue weighted by Gasteiger charge is -2.12. The standard InChI is InChI=1S/C10H13N5O3/c1-4(16)7(17)5-3-12-6-8(13-5)14-10(11-2)15-9(6)18/h3-4,7,16-17H,1-2H3,(H2,11,13,14,15,18). The van der Waals surface area contributed by atoms with Gasteiger partial charge in [-0.2, -0.15) is 9.97 Å². The number of hydrogen-bond donors (Lipinski definition) is 4. The molecular weight excluding hydrogens is 238 g/mol. The zero-order chi connectivity index (χ0) is 13.3. The lowest BCUT2D eigenvalue weighted by atomic mass is 10.2. The molecule has 2 heterocycles. The normalized spacial score (nSPS) is 14.4. The molecular formula is C10H13N5O3. The highest BCUT2D eigenvalue weighted by atomic mass is 16.3. The Bertz CT molecular complexity index is 575. The number of aliphatic hydroxyl groups excluding tert-OH is 2. The molecule has 0 aromatic carbocycles. The lowest BCUT2D eigenvalue weighted by molar-refractivity contribution is 0.0278. The van der Waals surface area contributed by atoms with Crippen LogP contribution in [0.2, 0.25) is 0 Å². The second-order valence-electron chi connectivity index (χ2n) is 3.77. The average Bonchev–Trinajstić information content (AvgIpc) is 2.36. The predicted molar refractivity (Wildman–Crippen MR) is 63.0 cm³/mol. The molecule has 0 aliphatic heterocycles. The van der Waals surface area contributed by atoms with Crippen molar-refractivity contribution in [2.24, 2.45) is 0 Å². The summed E-state index contributed by atoms with van der Waals surface area (Å²) in [4.78, 5) is 15.7. The number of nitrogens with one attached hydrogen (secondary N) is 1.